The van der Waals surface area contributed by atoms with Crippen LogP contribution in [0.1, 0.15) is 41.6 Å². The number of thioether (sulfide) groups is 1. The van der Waals surface area contributed by atoms with E-state index in [0.717, 1.165) is 27.9 Å². The average Bonchev–Trinajstić information content (AvgIpc) is 3.57. The van der Waals surface area contributed by atoms with Crippen LogP contribution in [0.2, 0.25) is 0 Å². The summed E-state index contributed by atoms with van der Waals surface area (Å²) in [7, 11) is 0. The highest BCUT2D eigenvalue weighted by atomic mass is 32.2. The summed E-state index contributed by atoms with van der Waals surface area (Å²) in [5, 5.41) is 37.8. The molecule has 1 saturated heterocycles. The first-order valence-electron chi connectivity index (χ1n) is 14.9. The van der Waals surface area contributed by atoms with Crippen LogP contribution in [0.25, 0.3) is 5.69 Å². The van der Waals surface area contributed by atoms with Gasteiger partial charge < -0.3 is 30.3 Å². The molecular weight excluding hydrogens is 604 g/mol. The number of ether oxygens (including phenoxy) is 2. The molecule has 6 rings (SSSR count). The summed E-state index contributed by atoms with van der Waals surface area (Å²) in [5.41, 5.74) is 5.00. The van der Waals surface area contributed by atoms with E-state index >= 15 is 0 Å². The summed E-state index contributed by atoms with van der Waals surface area (Å²) in [5.74, 6) is 0.678. The Morgan fingerprint density at radius 3 is 2.33 bits per heavy atom. The van der Waals surface area contributed by atoms with Crippen LogP contribution in [0, 0.1) is 5.92 Å². The van der Waals surface area contributed by atoms with Crippen molar-refractivity contribution in [2.75, 3.05) is 11.1 Å². The van der Waals surface area contributed by atoms with E-state index in [9.17, 15) is 15.0 Å². The van der Waals surface area contributed by atoms with E-state index in [1.807, 2.05) is 78.9 Å². The highest BCUT2D eigenvalue weighted by molar-refractivity contribution is 7.99. The van der Waals surface area contributed by atoms with Crippen molar-refractivity contribution in [2.45, 2.75) is 43.7 Å². The maximum Gasteiger partial charge on any atom is 0.319 e. The number of hydrogen-bond acceptors (Lipinski definition) is 9. The van der Waals surface area contributed by atoms with E-state index < -0.39 is 6.29 Å². The zero-order chi connectivity index (χ0) is 31.9. The largest absolute Gasteiger partial charge is 0.508 e. The number of aliphatic hydroxyl groups excluding tert-OH is 1. The lowest BCUT2D eigenvalue weighted by Gasteiger charge is -2.41. The van der Waals surface area contributed by atoms with E-state index in [1.54, 1.807) is 28.9 Å². The van der Waals surface area contributed by atoms with Crippen LogP contribution >= 0.6 is 11.8 Å². The average molecular weight is 639 g/mol. The van der Waals surface area contributed by atoms with Crippen LogP contribution < -0.4 is 10.6 Å². The molecule has 2 amide bonds. The predicted molar refractivity (Wildman–Crippen MR) is 173 cm³/mol. The number of carbonyl (C=O) groups is 1. The lowest BCUT2D eigenvalue weighted by atomic mass is 9.91. The van der Waals surface area contributed by atoms with Crippen LogP contribution in [-0.2, 0) is 22.6 Å². The molecule has 11 nitrogen and oxygen atoms in total. The minimum atomic E-state index is -0.668. The number of aliphatic hydroxyl groups is 1. The smallest absolute Gasteiger partial charge is 0.319 e. The predicted octanol–water partition coefficient (Wildman–Crippen LogP) is 5.77. The summed E-state index contributed by atoms with van der Waals surface area (Å²) in [6.45, 7) is 2.48. The van der Waals surface area contributed by atoms with Gasteiger partial charge in [-0.05, 0) is 63.5 Å². The molecule has 4 aromatic carbocycles. The Balaban J connectivity index is 1.17. The van der Waals surface area contributed by atoms with Crippen molar-refractivity contribution < 1.29 is 24.5 Å². The Morgan fingerprint density at radius 1 is 0.891 bits per heavy atom. The van der Waals surface area contributed by atoms with Crippen molar-refractivity contribution in [3.63, 3.8) is 0 Å². The third kappa shape index (κ3) is 7.54. The van der Waals surface area contributed by atoms with Crippen LogP contribution in [0.5, 0.6) is 5.75 Å². The highest BCUT2D eigenvalue weighted by Gasteiger charge is 2.38. The van der Waals surface area contributed by atoms with Crippen LogP contribution in [0.4, 0.5) is 10.5 Å². The Morgan fingerprint density at radius 2 is 1.61 bits per heavy atom. The van der Waals surface area contributed by atoms with Gasteiger partial charge >= 0.3 is 6.03 Å². The van der Waals surface area contributed by atoms with E-state index in [4.69, 9.17) is 9.47 Å². The SMILES string of the molecule is C[C@H]1[C@@H](CSc2nnnn2-c2ccc(O)cc2)O[C@@H](c2ccc(NC(=O)NCc3ccccc3)cc2)O[C@H]1c1ccc(CO)cc1. The van der Waals surface area contributed by atoms with Gasteiger partial charge in [0, 0.05) is 29.5 Å². The molecule has 4 atom stereocenters. The lowest BCUT2D eigenvalue weighted by Crippen LogP contribution is -2.38. The minimum absolute atomic E-state index is 0.0315. The van der Waals surface area contributed by atoms with E-state index in [0.29, 0.717) is 23.1 Å². The standard InChI is InChI=1S/C34H34N6O5S/c1-22-30(21-46-34-37-38-39-40(34)28-15-17-29(42)18-16-28)44-32(45-31(22)25-9-7-24(20-41)8-10-25)26-11-13-27(14-12-26)36-33(43)35-19-23-5-3-2-4-6-23/h2-18,22,30-32,41-42H,19-21H2,1H3,(H2,35,36,43)/t22-,30+,31+,32+/m0/s1. The second-order valence-corrected chi connectivity index (χ2v) is 11.9. The normalized spacial score (nSPS) is 19.4. The summed E-state index contributed by atoms with van der Waals surface area (Å²) in [4.78, 5) is 12.5. The molecule has 4 N–H and O–H groups in total. The zero-order valence-electron chi connectivity index (χ0n) is 25.1. The molecule has 1 fully saturated rings. The quantitative estimate of drug-likeness (QED) is 0.140. The van der Waals surface area contributed by atoms with E-state index in [1.165, 1.54) is 11.8 Å². The number of rotatable bonds is 10. The first-order chi connectivity index (χ1) is 22.5. The number of phenols is 1. The van der Waals surface area contributed by atoms with Gasteiger partial charge in [-0.3, -0.25) is 0 Å². The van der Waals surface area contributed by atoms with Gasteiger partial charge in [0.25, 0.3) is 0 Å². The van der Waals surface area contributed by atoms with Gasteiger partial charge in [-0.2, -0.15) is 4.68 Å². The Hall–Kier alpha value is -4.75. The number of benzene rings is 4. The zero-order valence-corrected chi connectivity index (χ0v) is 25.9. The molecule has 0 radical (unpaired) electrons. The minimum Gasteiger partial charge on any atom is -0.508 e. The molecule has 5 aromatic rings. The number of hydrogen-bond donors (Lipinski definition) is 4. The molecule has 1 aliphatic rings. The van der Waals surface area contributed by atoms with Gasteiger partial charge in [-0.15, -0.1) is 5.10 Å². The lowest BCUT2D eigenvalue weighted by molar-refractivity contribution is -0.268. The number of phenolic OH excluding ortho intramolecular Hbond substituents is 1. The summed E-state index contributed by atoms with van der Waals surface area (Å²) >= 11 is 1.47. The molecule has 0 aliphatic carbocycles. The van der Waals surface area contributed by atoms with Crippen molar-refractivity contribution in [1.82, 2.24) is 25.5 Å². The Bertz CT molecular complexity index is 1720. The molecule has 1 aliphatic heterocycles. The first-order valence-corrected chi connectivity index (χ1v) is 15.9. The van der Waals surface area contributed by atoms with E-state index in [2.05, 4.69) is 33.1 Å². The molecule has 1 aromatic heterocycles. The van der Waals surface area contributed by atoms with Gasteiger partial charge in [0.05, 0.1) is 24.5 Å². The van der Waals surface area contributed by atoms with Crippen molar-refractivity contribution in [3.05, 3.63) is 125 Å². The first kappa shape index (κ1) is 31.2. The maximum atomic E-state index is 12.5. The fraction of sp³-hybridized carbons (Fsp3) is 0.235. The Labute approximate surface area is 270 Å². The number of anilines is 1. The monoisotopic (exact) mass is 638 g/mol. The van der Waals surface area contributed by atoms with Crippen molar-refractivity contribution in [2.24, 2.45) is 5.92 Å². The molecule has 0 bridgehead atoms. The molecule has 2 heterocycles. The van der Waals surface area contributed by atoms with E-state index in [-0.39, 0.29) is 36.5 Å². The van der Waals surface area contributed by atoms with Gasteiger partial charge in [0.15, 0.2) is 6.29 Å². The topological polar surface area (TPSA) is 144 Å². The number of nitrogens with one attached hydrogen (secondary N) is 2. The number of urea groups is 1. The number of nitrogens with zero attached hydrogens (tertiary/aromatic N) is 4. The number of amides is 2. The highest BCUT2D eigenvalue weighted by Crippen LogP contribution is 2.43. The summed E-state index contributed by atoms with van der Waals surface area (Å²) in [6, 6.07) is 31.2. The fourth-order valence-corrected chi connectivity index (χ4v) is 6.22. The van der Waals surface area contributed by atoms with Crippen molar-refractivity contribution in [1.29, 1.82) is 0 Å². The molecule has 0 unspecified atom stereocenters. The number of aromatic hydroxyl groups is 1. The number of carbonyl (C=O) groups excluding carboxylic acids is 1. The summed E-state index contributed by atoms with van der Waals surface area (Å²) in [6.07, 6.45) is -1.19. The second-order valence-electron chi connectivity index (χ2n) is 10.9. The third-order valence-electron chi connectivity index (χ3n) is 7.77. The third-order valence-corrected chi connectivity index (χ3v) is 8.78. The fourth-order valence-electron chi connectivity index (χ4n) is 5.17. The molecular formula is C34H34N6O5S. The Kier molecular flexibility index (Phi) is 9.89. The van der Waals surface area contributed by atoms with Gasteiger partial charge in [-0.25, -0.2) is 4.79 Å². The second kappa shape index (κ2) is 14.6. The number of aromatic nitrogens is 4. The maximum absolute atomic E-state index is 12.5. The molecule has 0 spiro atoms. The van der Waals surface area contributed by atoms with Gasteiger partial charge in [0.2, 0.25) is 5.16 Å². The van der Waals surface area contributed by atoms with Gasteiger partial charge in [-0.1, -0.05) is 85.4 Å². The van der Waals surface area contributed by atoms with Crippen molar-refractivity contribution in [3.8, 4) is 11.4 Å². The van der Waals surface area contributed by atoms with Gasteiger partial charge in [0.1, 0.15) is 5.75 Å². The number of tetrazole rings is 1. The van der Waals surface area contributed by atoms with Crippen molar-refractivity contribution >= 4 is 23.5 Å². The molecule has 236 valence electrons. The van der Waals surface area contributed by atoms with Crippen LogP contribution in [-0.4, -0.2) is 48.3 Å². The van der Waals surface area contributed by atoms with Crippen LogP contribution in [0.3, 0.4) is 0 Å². The molecule has 12 heteroatoms. The summed E-state index contributed by atoms with van der Waals surface area (Å²) < 4.78 is 14.7. The molecule has 0 saturated carbocycles. The molecule has 46 heavy (non-hydrogen) atoms. The van der Waals surface area contributed by atoms with Crippen LogP contribution in [0.15, 0.2) is 108 Å².